The van der Waals surface area contributed by atoms with E-state index in [1.165, 1.54) is 6.26 Å². The lowest BCUT2D eigenvalue weighted by Crippen LogP contribution is -2.52. The maximum atomic E-state index is 13.5. The Bertz CT molecular complexity index is 1070. The van der Waals surface area contributed by atoms with Gasteiger partial charge in [-0.05, 0) is 49.4 Å². The maximum absolute atomic E-state index is 13.5. The summed E-state index contributed by atoms with van der Waals surface area (Å²) in [4.78, 5) is 17.8. The van der Waals surface area contributed by atoms with Crippen molar-refractivity contribution < 1.29 is 22.0 Å². The van der Waals surface area contributed by atoms with Gasteiger partial charge in [-0.1, -0.05) is 36.4 Å². The molecule has 2 aromatic rings. The molecule has 1 atom stereocenters. The van der Waals surface area contributed by atoms with Gasteiger partial charge in [0.05, 0.1) is 10.9 Å². The zero-order valence-electron chi connectivity index (χ0n) is 18.7. The molecule has 1 saturated carbocycles. The Morgan fingerprint density at radius 2 is 1.67 bits per heavy atom. The minimum atomic E-state index is -3.32. The molecule has 1 amide bonds. The van der Waals surface area contributed by atoms with Crippen molar-refractivity contribution in [1.82, 2.24) is 4.90 Å². The lowest BCUT2D eigenvalue weighted by molar-refractivity contribution is -0.140. The van der Waals surface area contributed by atoms with E-state index in [1.807, 2.05) is 41.3 Å². The van der Waals surface area contributed by atoms with Gasteiger partial charge in [0.15, 0.2) is 9.84 Å². The molecule has 4 rings (SSSR count). The van der Waals surface area contributed by atoms with E-state index in [2.05, 4.69) is 4.90 Å². The topological polar surface area (TPSA) is 57.7 Å². The number of anilines is 1. The number of piperazine rings is 1. The van der Waals surface area contributed by atoms with Gasteiger partial charge in [0.1, 0.15) is 0 Å². The Morgan fingerprint density at radius 3 is 2.30 bits per heavy atom. The first kappa shape index (κ1) is 23.7. The van der Waals surface area contributed by atoms with Crippen LogP contribution in [0.5, 0.6) is 0 Å². The molecule has 0 spiro atoms. The summed E-state index contributed by atoms with van der Waals surface area (Å²) in [7, 11) is -3.32. The van der Waals surface area contributed by atoms with E-state index < -0.39 is 22.2 Å². The molecular weight excluding hydrogens is 446 g/mol. The summed E-state index contributed by atoms with van der Waals surface area (Å²) in [6, 6.07) is 16.5. The Hall–Kier alpha value is -2.48. The molecule has 0 aromatic heterocycles. The smallest absolute Gasteiger partial charge is 0.241 e. The zero-order valence-corrected chi connectivity index (χ0v) is 19.6. The lowest BCUT2D eigenvalue weighted by Gasteiger charge is -2.44. The molecule has 33 heavy (non-hydrogen) atoms. The Morgan fingerprint density at radius 1 is 0.970 bits per heavy atom. The van der Waals surface area contributed by atoms with E-state index in [0.717, 1.165) is 11.3 Å². The molecule has 1 saturated heterocycles. The monoisotopic (exact) mass is 476 g/mol. The highest BCUT2D eigenvalue weighted by molar-refractivity contribution is 7.90. The molecule has 2 fully saturated rings. The fourth-order valence-electron chi connectivity index (χ4n) is 5.01. The lowest BCUT2D eigenvalue weighted by atomic mass is 9.81. The first-order valence-electron chi connectivity index (χ1n) is 11.4. The van der Waals surface area contributed by atoms with E-state index >= 15 is 0 Å². The number of carbonyl (C=O) groups is 1. The average Bonchev–Trinajstić information content (AvgIpc) is 2.83. The molecule has 8 heteroatoms. The third kappa shape index (κ3) is 5.37. The second kappa shape index (κ2) is 9.79. The first-order chi connectivity index (χ1) is 15.7. The van der Waals surface area contributed by atoms with E-state index in [9.17, 15) is 22.0 Å². The minimum Gasteiger partial charge on any atom is -0.367 e. The van der Waals surface area contributed by atoms with E-state index in [0.29, 0.717) is 45.3 Å². The number of nitrogens with zero attached hydrogens (tertiary/aromatic N) is 2. The van der Waals surface area contributed by atoms with E-state index in [-0.39, 0.29) is 22.8 Å². The molecule has 1 heterocycles. The maximum Gasteiger partial charge on any atom is 0.241 e. The molecule has 1 aliphatic carbocycles. The Balaban J connectivity index is 1.56. The third-order valence-electron chi connectivity index (χ3n) is 6.94. The van der Waals surface area contributed by atoms with Gasteiger partial charge in [0, 0.05) is 43.4 Å². The number of alkyl halides is 2. The summed E-state index contributed by atoms with van der Waals surface area (Å²) >= 11 is 0. The summed E-state index contributed by atoms with van der Waals surface area (Å²) in [5, 5.41) is 0. The van der Waals surface area contributed by atoms with Gasteiger partial charge in [-0.3, -0.25) is 4.79 Å². The van der Waals surface area contributed by atoms with Gasteiger partial charge in [0.25, 0.3) is 0 Å². The number of rotatable bonds is 5. The number of sulfone groups is 1. The van der Waals surface area contributed by atoms with Crippen molar-refractivity contribution in [3.05, 3.63) is 60.2 Å². The van der Waals surface area contributed by atoms with Gasteiger partial charge < -0.3 is 9.80 Å². The number of hydrogen-bond donors (Lipinski definition) is 0. The first-order valence-corrected chi connectivity index (χ1v) is 13.3. The fraction of sp³-hybridized carbons (Fsp3) is 0.480. The molecule has 0 N–H and O–H groups in total. The van der Waals surface area contributed by atoms with Crippen LogP contribution in [0.3, 0.4) is 0 Å². The second-order valence-corrected chi connectivity index (χ2v) is 11.1. The highest BCUT2D eigenvalue weighted by Gasteiger charge is 2.37. The quantitative estimate of drug-likeness (QED) is 0.635. The summed E-state index contributed by atoms with van der Waals surface area (Å²) in [6.45, 7) is 1.61. The minimum absolute atomic E-state index is 0.0427. The zero-order chi connectivity index (χ0) is 23.6. The van der Waals surface area contributed by atoms with Crippen molar-refractivity contribution in [2.45, 2.75) is 43.0 Å². The van der Waals surface area contributed by atoms with Gasteiger partial charge in [-0.2, -0.15) is 0 Å². The van der Waals surface area contributed by atoms with Crippen molar-refractivity contribution in [2.24, 2.45) is 11.8 Å². The number of carbonyl (C=O) groups excluding carboxylic acids is 1. The fourth-order valence-corrected chi connectivity index (χ4v) is 5.67. The van der Waals surface area contributed by atoms with Crippen LogP contribution in [0.4, 0.5) is 14.5 Å². The molecule has 0 radical (unpaired) electrons. The van der Waals surface area contributed by atoms with Crippen molar-refractivity contribution in [3.63, 3.8) is 0 Å². The van der Waals surface area contributed by atoms with Gasteiger partial charge in [-0.15, -0.1) is 0 Å². The molecule has 2 aliphatic rings. The summed E-state index contributed by atoms with van der Waals surface area (Å²) in [5.41, 5.74) is 1.82. The standard InChI is InChI=1S/C25H30F2N2O3S/c1-33(31,32)22-9-5-8-21(16-22)28-14-15-29(23(17-28)18-6-3-2-4-7-18)25(30)20-12-10-19(11-13-20)24(26)27/h2-9,16,19-20,23-24H,10-15,17H2,1H3/t19?,20?,23-/m0/s1. The van der Waals surface area contributed by atoms with Gasteiger partial charge >= 0.3 is 0 Å². The highest BCUT2D eigenvalue weighted by Crippen LogP contribution is 2.36. The predicted octanol–water partition coefficient (Wildman–Crippen LogP) is 4.55. The van der Waals surface area contributed by atoms with Crippen molar-refractivity contribution in [3.8, 4) is 0 Å². The molecule has 5 nitrogen and oxygen atoms in total. The molecule has 178 valence electrons. The summed E-state index contributed by atoms with van der Waals surface area (Å²) in [6.07, 6.45) is 0.672. The number of amides is 1. The predicted molar refractivity (Wildman–Crippen MR) is 124 cm³/mol. The van der Waals surface area contributed by atoms with Crippen LogP contribution in [-0.2, 0) is 14.6 Å². The number of hydrogen-bond acceptors (Lipinski definition) is 4. The number of halogens is 2. The molecule has 0 bridgehead atoms. The van der Waals surface area contributed by atoms with Crippen LogP contribution in [0.2, 0.25) is 0 Å². The van der Waals surface area contributed by atoms with Gasteiger partial charge in [0.2, 0.25) is 12.3 Å². The van der Waals surface area contributed by atoms with Crippen LogP contribution in [0, 0.1) is 11.8 Å². The van der Waals surface area contributed by atoms with E-state index in [1.54, 1.807) is 18.2 Å². The van der Waals surface area contributed by atoms with Crippen LogP contribution >= 0.6 is 0 Å². The molecular formula is C25H30F2N2O3S. The van der Waals surface area contributed by atoms with Crippen LogP contribution in [0.25, 0.3) is 0 Å². The average molecular weight is 477 g/mol. The molecule has 1 aliphatic heterocycles. The van der Waals surface area contributed by atoms with Crippen molar-refractivity contribution >= 4 is 21.4 Å². The Labute approximate surface area is 194 Å². The van der Waals surface area contributed by atoms with Gasteiger partial charge in [-0.25, -0.2) is 17.2 Å². The van der Waals surface area contributed by atoms with Crippen LogP contribution in [-0.4, -0.2) is 51.5 Å². The molecule has 0 unspecified atom stereocenters. The van der Waals surface area contributed by atoms with Crippen LogP contribution in [0.1, 0.15) is 37.3 Å². The van der Waals surface area contributed by atoms with Crippen LogP contribution in [0.15, 0.2) is 59.5 Å². The number of benzene rings is 2. The van der Waals surface area contributed by atoms with E-state index in [4.69, 9.17) is 0 Å². The Kier molecular flexibility index (Phi) is 7.02. The molecule has 2 aromatic carbocycles. The summed E-state index contributed by atoms with van der Waals surface area (Å²) in [5.74, 6) is -0.773. The van der Waals surface area contributed by atoms with Crippen molar-refractivity contribution in [1.29, 1.82) is 0 Å². The normalized spacial score (nSPS) is 24.2. The summed E-state index contributed by atoms with van der Waals surface area (Å²) < 4.78 is 50.1. The SMILES string of the molecule is CS(=O)(=O)c1cccc(N2CCN(C(=O)C3CCC(C(F)F)CC3)[C@H](c3ccccc3)C2)c1. The highest BCUT2D eigenvalue weighted by atomic mass is 32.2. The second-order valence-electron chi connectivity index (χ2n) is 9.12. The third-order valence-corrected chi connectivity index (χ3v) is 8.05. The largest absolute Gasteiger partial charge is 0.367 e. The van der Waals surface area contributed by atoms with Crippen LogP contribution < -0.4 is 4.90 Å². The van der Waals surface area contributed by atoms with Crippen molar-refractivity contribution in [2.75, 3.05) is 30.8 Å².